The zero-order valence-corrected chi connectivity index (χ0v) is 12.8. The summed E-state index contributed by atoms with van der Waals surface area (Å²) < 4.78 is 5.03. The zero-order valence-electron chi connectivity index (χ0n) is 12.8. The third kappa shape index (κ3) is 2.86. The van der Waals surface area contributed by atoms with Gasteiger partial charge in [0.15, 0.2) is 6.61 Å². The van der Waals surface area contributed by atoms with Gasteiger partial charge < -0.3 is 4.74 Å². The molecular formula is C20H16O3. The molecule has 0 amide bonds. The molecule has 23 heavy (non-hydrogen) atoms. The molecule has 0 unspecified atom stereocenters. The minimum absolute atomic E-state index is 0.215. The van der Waals surface area contributed by atoms with E-state index in [1.165, 1.54) is 0 Å². The average Bonchev–Trinajstić information content (AvgIpc) is 2.57. The Labute approximate surface area is 134 Å². The molecule has 0 aliphatic rings. The van der Waals surface area contributed by atoms with Gasteiger partial charge in [-0.3, -0.25) is 4.79 Å². The second-order valence-electron chi connectivity index (χ2n) is 5.47. The van der Waals surface area contributed by atoms with Crippen LogP contribution < -0.4 is 0 Å². The van der Waals surface area contributed by atoms with Crippen molar-refractivity contribution in [2.24, 2.45) is 0 Å². The number of hydrogen-bond acceptors (Lipinski definition) is 3. The molecule has 3 heteroatoms. The molecule has 3 nitrogen and oxygen atoms in total. The molecule has 0 fully saturated rings. The Morgan fingerprint density at radius 3 is 2.00 bits per heavy atom. The van der Waals surface area contributed by atoms with Crippen molar-refractivity contribution in [2.75, 3.05) is 6.61 Å². The summed E-state index contributed by atoms with van der Waals surface area (Å²) in [6, 6.07) is 17.5. The maximum atomic E-state index is 12.7. The van der Waals surface area contributed by atoms with Gasteiger partial charge in [-0.2, -0.15) is 0 Å². The fraction of sp³-hybridized carbons (Fsp3) is 0.100. The van der Waals surface area contributed by atoms with E-state index in [2.05, 4.69) is 12.6 Å². The van der Waals surface area contributed by atoms with Crippen LogP contribution in [0.4, 0.5) is 0 Å². The molecule has 3 aromatic carbocycles. The van der Waals surface area contributed by atoms with Gasteiger partial charge in [0.1, 0.15) is 0 Å². The number of rotatable bonds is 4. The van der Waals surface area contributed by atoms with Gasteiger partial charge in [0, 0.05) is 11.1 Å². The van der Waals surface area contributed by atoms with Crippen LogP contribution in [0, 0.1) is 0 Å². The Kier molecular flexibility index (Phi) is 3.94. The molecule has 0 saturated carbocycles. The Balaban J connectivity index is 2.11. The second-order valence-corrected chi connectivity index (χ2v) is 5.47. The lowest BCUT2D eigenvalue weighted by atomic mass is 9.94. The highest BCUT2D eigenvalue weighted by Crippen LogP contribution is 2.28. The lowest BCUT2D eigenvalue weighted by molar-refractivity contribution is -0.137. The fourth-order valence-corrected chi connectivity index (χ4v) is 2.64. The number of esters is 1. The summed E-state index contributed by atoms with van der Waals surface area (Å²) in [6.07, 6.45) is 0. The number of fused-ring (bicyclic) bond motifs is 2. The van der Waals surface area contributed by atoms with Crippen molar-refractivity contribution >= 4 is 33.3 Å². The van der Waals surface area contributed by atoms with E-state index in [1.807, 2.05) is 48.5 Å². The highest BCUT2D eigenvalue weighted by molar-refractivity contribution is 6.19. The van der Waals surface area contributed by atoms with Gasteiger partial charge in [-0.25, -0.2) is 4.79 Å². The first-order valence-corrected chi connectivity index (χ1v) is 7.34. The minimum Gasteiger partial charge on any atom is -0.454 e. The van der Waals surface area contributed by atoms with Crippen LogP contribution in [0.25, 0.3) is 21.5 Å². The third-order valence-corrected chi connectivity index (χ3v) is 3.73. The SMILES string of the molecule is C=C(C)C(=O)OCC(=O)c1c2ccccc2cc2ccccc12. The average molecular weight is 304 g/mol. The maximum Gasteiger partial charge on any atom is 0.333 e. The molecular weight excluding hydrogens is 288 g/mol. The first-order valence-electron chi connectivity index (χ1n) is 7.34. The Morgan fingerprint density at radius 1 is 0.957 bits per heavy atom. The first-order chi connectivity index (χ1) is 11.1. The second kappa shape index (κ2) is 6.05. The van der Waals surface area contributed by atoms with Gasteiger partial charge in [-0.05, 0) is 34.5 Å². The topological polar surface area (TPSA) is 43.4 Å². The summed E-state index contributed by atoms with van der Waals surface area (Å²) in [6.45, 7) is 4.79. The van der Waals surface area contributed by atoms with Crippen molar-refractivity contribution in [1.82, 2.24) is 0 Å². The van der Waals surface area contributed by atoms with E-state index in [9.17, 15) is 9.59 Å². The molecule has 3 aromatic rings. The van der Waals surface area contributed by atoms with Crippen LogP contribution in [0.15, 0.2) is 66.7 Å². The van der Waals surface area contributed by atoms with Crippen molar-refractivity contribution in [3.8, 4) is 0 Å². The van der Waals surface area contributed by atoms with E-state index in [0.717, 1.165) is 21.5 Å². The molecule has 0 spiro atoms. The van der Waals surface area contributed by atoms with Crippen LogP contribution in [0.1, 0.15) is 17.3 Å². The largest absolute Gasteiger partial charge is 0.454 e. The van der Waals surface area contributed by atoms with Gasteiger partial charge in [-0.15, -0.1) is 0 Å². The normalized spacial score (nSPS) is 10.7. The first kappa shape index (κ1) is 15.0. The van der Waals surface area contributed by atoms with E-state index >= 15 is 0 Å². The summed E-state index contributed by atoms with van der Waals surface area (Å²) in [7, 11) is 0. The van der Waals surface area contributed by atoms with Gasteiger partial charge in [-0.1, -0.05) is 55.1 Å². The van der Waals surface area contributed by atoms with Crippen LogP contribution in [-0.4, -0.2) is 18.4 Å². The van der Waals surface area contributed by atoms with Crippen molar-refractivity contribution in [1.29, 1.82) is 0 Å². The Bertz CT molecular complexity index is 884. The summed E-state index contributed by atoms with van der Waals surface area (Å²) in [4.78, 5) is 24.2. The molecule has 0 aliphatic heterocycles. The molecule has 3 rings (SSSR count). The lowest BCUT2D eigenvalue weighted by Crippen LogP contribution is -2.15. The number of carbonyl (C=O) groups excluding carboxylic acids is 2. The standard InChI is InChI=1S/C20H16O3/c1-13(2)20(22)23-12-18(21)19-16-9-5-3-7-14(16)11-15-8-4-6-10-17(15)19/h3-11H,1,12H2,2H3. The Morgan fingerprint density at radius 2 is 1.48 bits per heavy atom. The molecule has 0 bridgehead atoms. The van der Waals surface area contributed by atoms with Crippen molar-refractivity contribution in [3.63, 3.8) is 0 Å². The van der Waals surface area contributed by atoms with Crippen LogP contribution in [-0.2, 0) is 9.53 Å². The van der Waals surface area contributed by atoms with Crippen molar-refractivity contribution < 1.29 is 14.3 Å². The molecule has 0 atom stereocenters. The monoisotopic (exact) mass is 304 g/mol. The third-order valence-electron chi connectivity index (χ3n) is 3.73. The number of benzene rings is 3. The van der Waals surface area contributed by atoms with E-state index < -0.39 is 5.97 Å². The molecule has 0 N–H and O–H groups in total. The van der Waals surface area contributed by atoms with Crippen molar-refractivity contribution in [2.45, 2.75) is 6.92 Å². The number of hydrogen-bond donors (Lipinski definition) is 0. The maximum absolute atomic E-state index is 12.7. The van der Waals surface area contributed by atoms with E-state index in [-0.39, 0.29) is 18.0 Å². The summed E-state index contributed by atoms with van der Waals surface area (Å²) in [5.74, 6) is -0.768. The molecule has 0 aromatic heterocycles. The van der Waals surface area contributed by atoms with Crippen LogP contribution >= 0.6 is 0 Å². The van der Waals surface area contributed by atoms with E-state index in [4.69, 9.17) is 4.74 Å². The van der Waals surface area contributed by atoms with Gasteiger partial charge in [0.25, 0.3) is 0 Å². The van der Waals surface area contributed by atoms with Crippen molar-refractivity contribution in [3.05, 3.63) is 72.3 Å². The summed E-state index contributed by atoms with van der Waals surface area (Å²) >= 11 is 0. The summed E-state index contributed by atoms with van der Waals surface area (Å²) in [5, 5.41) is 3.70. The van der Waals surface area contributed by atoms with Crippen LogP contribution in [0.2, 0.25) is 0 Å². The van der Waals surface area contributed by atoms with Gasteiger partial charge in [0.2, 0.25) is 5.78 Å². The lowest BCUT2D eigenvalue weighted by Gasteiger charge is -2.11. The van der Waals surface area contributed by atoms with Gasteiger partial charge >= 0.3 is 5.97 Å². The van der Waals surface area contributed by atoms with Gasteiger partial charge in [0.05, 0.1) is 0 Å². The number of Topliss-reactive ketones (excluding diaryl/α,β-unsaturated/α-hetero) is 1. The number of ketones is 1. The van der Waals surface area contributed by atoms with E-state index in [0.29, 0.717) is 5.56 Å². The number of ether oxygens (including phenoxy) is 1. The van der Waals surface area contributed by atoms with Crippen LogP contribution in [0.3, 0.4) is 0 Å². The molecule has 0 saturated heterocycles. The molecule has 0 heterocycles. The predicted molar refractivity (Wildman–Crippen MR) is 91.6 cm³/mol. The highest BCUT2D eigenvalue weighted by atomic mass is 16.5. The minimum atomic E-state index is -0.553. The predicted octanol–water partition coefficient (Wildman–Crippen LogP) is 4.30. The summed E-state index contributed by atoms with van der Waals surface area (Å²) in [5.41, 5.74) is 0.869. The molecule has 114 valence electrons. The fourth-order valence-electron chi connectivity index (χ4n) is 2.64. The zero-order chi connectivity index (χ0) is 16.4. The molecule has 0 radical (unpaired) electrons. The number of carbonyl (C=O) groups is 2. The molecule has 0 aliphatic carbocycles. The quantitative estimate of drug-likeness (QED) is 0.312. The van der Waals surface area contributed by atoms with Crippen LogP contribution in [0.5, 0.6) is 0 Å². The smallest absolute Gasteiger partial charge is 0.333 e. The Hall–Kier alpha value is -2.94. The van der Waals surface area contributed by atoms with E-state index in [1.54, 1.807) is 6.92 Å². The highest BCUT2D eigenvalue weighted by Gasteiger charge is 2.16.